The molecule has 0 unspecified atom stereocenters. The predicted octanol–water partition coefficient (Wildman–Crippen LogP) is 2.36. The molecule has 1 aromatic carbocycles. The van der Waals surface area contributed by atoms with E-state index in [1.165, 1.54) is 0 Å². The fraction of sp³-hybridized carbons (Fsp3) is 0.250. The molecular formula is C12H13NO3. The van der Waals surface area contributed by atoms with E-state index in [4.69, 9.17) is 4.74 Å². The Morgan fingerprint density at radius 2 is 2.19 bits per heavy atom. The van der Waals surface area contributed by atoms with Crippen molar-refractivity contribution in [1.29, 1.82) is 0 Å². The number of aryl methyl sites for hydroxylation is 1. The molecule has 2 aromatic rings. The minimum Gasteiger partial charge on any atom is -0.508 e. The molecule has 0 saturated carbocycles. The van der Waals surface area contributed by atoms with Crippen LogP contribution in [-0.4, -0.2) is 22.7 Å². The highest BCUT2D eigenvalue weighted by atomic mass is 16.5. The number of H-pyrrole nitrogens is 1. The predicted molar refractivity (Wildman–Crippen MR) is 60.7 cm³/mol. The number of carbonyl (C=O) groups is 1. The van der Waals surface area contributed by atoms with Gasteiger partial charge in [-0.2, -0.15) is 0 Å². The Kier molecular flexibility index (Phi) is 2.56. The van der Waals surface area contributed by atoms with Crippen molar-refractivity contribution in [3.8, 4) is 5.75 Å². The quantitative estimate of drug-likeness (QED) is 0.762. The third-order valence-electron chi connectivity index (χ3n) is 2.43. The third-order valence-corrected chi connectivity index (χ3v) is 2.43. The van der Waals surface area contributed by atoms with Gasteiger partial charge in [0.2, 0.25) is 0 Å². The number of hydrogen-bond donors (Lipinski definition) is 2. The van der Waals surface area contributed by atoms with Gasteiger partial charge in [0.1, 0.15) is 11.4 Å². The number of esters is 1. The molecule has 84 valence electrons. The van der Waals surface area contributed by atoms with Crippen molar-refractivity contribution in [3.05, 3.63) is 29.5 Å². The highest BCUT2D eigenvalue weighted by Gasteiger charge is 2.11. The lowest BCUT2D eigenvalue weighted by molar-refractivity contribution is 0.0520. The lowest BCUT2D eigenvalue weighted by Gasteiger charge is -1.97. The summed E-state index contributed by atoms with van der Waals surface area (Å²) in [6, 6.07) is 5.15. The van der Waals surface area contributed by atoms with Gasteiger partial charge in [-0.1, -0.05) is 0 Å². The summed E-state index contributed by atoms with van der Waals surface area (Å²) < 4.78 is 4.89. The molecule has 2 N–H and O–H groups in total. The standard InChI is InChI=1S/C12H13NO3/c1-3-16-12(15)10-5-8-4-7(2)11(14)6-9(8)13-10/h4-6,13-14H,3H2,1-2H3. The number of aromatic amines is 1. The van der Waals surface area contributed by atoms with Gasteiger partial charge in [-0.05, 0) is 31.5 Å². The van der Waals surface area contributed by atoms with Crippen LogP contribution in [0.25, 0.3) is 10.9 Å². The van der Waals surface area contributed by atoms with Crippen LogP contribution in [0.1, 0.15) is 23.0 Å². The van der Waals surface area contributed by atoms with Crippen molar-refractivity contribution >= 4 is 16.9 Å². The summed E-state index contributed by atoms with van der Waals surface area (Å²) in [4.78, 5) is 14.4. The third kappa shape index (κ3) is 1.74. The Labute approximate surface area is 92.9 Å². The maximum atomic E-state index is 11.5. The van der Waals surface area contributed by atoms with Gasteiger partial charge in [0.15, 0.2) is 0 Å². The molecule has 2 rings (SSSR count). The number of aromatic hydroxyl groups is 1. The van der Waals surface area contributed by atoms with Gasteiger partial charge >= 0.3 is 5.97 Å². The van der Waals surface area contributed by atoms with E-state index in [1.807, 2.05) is 13.0 Å². The molecule has 0 aliphatic rings. The van der Waals surface area contributed by atoms with Crippen LogP contribution >= 0.6 is 0 Å². The molecule has 0 atom stereocenters. The summed E-state index contributed by atoms with van der Waals surface area (Å²) in [5.41, 5.74) is 1.91. The summed E-state index contributed by atoms with van der Waals surface area (Å²) in [6.45, 7) is 3.92. The van der Waals surface area contributed by atoms with Crippen molar-refractivity contribution in [2.45, 2.75) is 13.8 Å². The van der Waals surface area contributed by atoms with E-state index in [0.29, 0.717) is 12.3 Å². The average molecular weight is 219 g/mol. The molecule has 1 heterocycles. The Hall–Kier alpha value is -1.97. The summed E-state index contributed by atoms with van der Waals surface area (Å²) >= 11 is 0. The van der Waals surface area contributed by atoms with Crippen LogP contribution in [0.4, 0.5) is 0 Å². The first-order valence-corrected chi connectivity index (χ1v) is 5.11. The van der Waals surface area contributed by atoms with Crippen LogP contribution in [0.2, 0.25) is 0 Å². The Bertz CT molecular complexity index is 503. The fourth-order valence-corrected chi connectivity index (χ4v) is 1.60. The molecule has 0 saturated heterocycles. The van der Waals surface area contributed by atoms with Crippen LogP contribution in [0.15, 0.2) is 18.2 Å². The van der Waals surface area contributed by atoms with E-state index in [0.717, 1.165) is 16.5 Å². The molecule has 0 radical (unpaired) electrons. The number of aromatic nitrogens is 1. The second kappa shape index (κ2) is 3.89. The number of rotatable bonds is 2. The van der Waals surface area contributed by atoms with Gasteiger partial charge in [-0.15, -0.1) is 0 Å². The largest absolute Gasteiger partial charge is 0.508 e. The monoisotopic (exact) mass is 219 g/mol. The van der Waals surface area contributed by atoms with Gasteiger partial charge in [0.25, 0.3) is 0 Å². The lowest BCUT2D eigenvalue weighted by Crippen LogP contribution is -2.04. The van der Waals surface area contributed by atoms with E-state index in [-0.39, 0.29) is 11.7 Å². The summed E-state index contributed by atoms with van der Waals surface area (Å²) in [6.07, 6.45) is 0. The van der Waals surface area contributed by atoms with Crippen LogP contribution in [0.3, 0.4) is 0 Å². The summed E-state index contributed by atoms with van der Waals surface area (Å²) in [5, 5.41) is 10.4. The number of phenolic OH excluding ortho intramolecular Hbond substituents is 1. The molecule has 4 heteroatoms. The number of nitrogens with one attached hydrogen (secondary N) is 1. The van der Waals surface area contributed by atoms with Crippen molar-refractivity contribution in [2.24, 2.45) is 0 Å². The van der Waals surface area contributed by atoms with Crippen LogP contribution < -0.4 is 0 Å². The molecular weight excluding hydrogens is 206 g/mol. The highest BCUT2D eigenvalue weighted by Crippen LogP contribution is 2.24. The Morgan fingerprint density at radius 1 is 1.44 bits per heavy atom. The zero-order chi connectivity index (χ0) is 11.7. The molecule has 0 fully saturated rings. The Morgan fingerprint density at radius 3 is 2.88 bits per heavy atom. The van der Waals surface area contributed by atoms with Crippen molar-refractivity contribution < 1.29 is 14.6 Å². The van der Waals surface area contributed by atoms with Crippen molar-refractivity contribution in [2.75, 3.05) is 6.61 Å². The second-order valence-electron chi connectivity index (χ2n) is 3.63. The number of ether oxygens (including phenoxy) is 1. The van der Waals surface area contributed by atoms with E-state index in [2.05, 4.69) is 4.98 Å². The van der Waals surface area contributed by atoms with Crippen LogP contribution in [0, 0.1) is 6.92 Å². The molecule has 0 aliphatic heterocycles. The molecule has 0 bridgehead atoms. The zero-order valence-corrected chi connectivity index (χ0v) is 9.20. The SMILES string of the molecule is CCOC(=O)c1cc2cc(C)c(O)cc2[nH]1. The average Bonchev–Trinajstić information content (AvgIpc) is 2.62. The summed E-state index contributed by atoms with van der Waals surface area (Å²) in [7, 11) is 0. The van der Waals surface area contributed by atoms with Gasteiger partial charge in [-0.3, -0.25) is 0 Å². The molecule has 0 amide bonds. The maximum absolute atomic E-state index is 11.5. The van der Waals surface area contributed by atoms with Gasteiger partial charge in [0.05, 0.1) is 6.61 Å². The van der Waals surface area contributed by atoms with Crippen molar-refractivity contribution in [3.63, 3.8) is 0 Å². The molecule has 4 nitrogen and oxygen atoms in total. The van der Waals surface area contributed by atoms with E-state index < -0.39 is 0 Å². The number of carbonyl (C=O) groups excluding carboxylic acids is 1. The molecule has 0 spiro atoms. The minimum absolute atomic E-state index is 0.213. The summed E-state index contributed by atoms with van der Waals surface area (Å²) in [5.74, 6) is -0.166. The van der Waals surface area contributed by atoms with Crippen LogP contribution in [0.5, 0.6) is 5.75 Å². The Balaban J connectivity index is 2.48. The number of phenols is 1. The highest BCUT2D eigenvalue weighted by molar-refractivity contribution is 5.95. The number of hydrogen-bond acceptors (Lipinski definition) is 3. The normalized spacial score (nSPS) is 10.6. The smallest absolute Gasteiger partial charge is 0.354 e. The fourth-order valence-electron chi connectivity index (χ4n) is 1.60. The first-order valence-electron chi connectivity index (χ1n) is 5.11. The van der Waals surface area contributed by atoms with Crippen LogP contribution in [-0.2, 0) is 4.74 Å². The van der Waals surface area contributed by atoms with E-state index in [1.54, 1.807) is 19.1 Å². The van der Waals surface area contributed by atoms with Gasteiger partial charge in [0, 0.05) is 17.0 Å². The number of benzene rings is 1. The molecule has 0 aliphatic carbocycles. The first-order chi connectivity index (χ1) is 7.61. The second-order valence-corrected chi connectivity index (χ2v) is 3.63. The lowest BCUT2D eigenvalue weighted by atomic mass is 10.1. The maximum Gasteiger partial charge on any atom is 0.354 e. The van der Waals surface area contributed by atoms with Gasteiger partial charge in [-0.25, -0.2) is 4.79 Å². The number of fused-ring (bicyclic) bond motifs is 1. The molecule has 1 aromatic heterocycles. The van der Waals surface area contributed by atoms with Crippen molar-refractivity contribution in [1.82, 2.24) is 4.98 Å². The topological polar surface area (TPSA) is 62.3 Å². The minimum atomic E-state index is -0.379. The zero-order valence-electron chi connectivity index (χ0n) is 9.20. The first kappa shape index (κ1) is 10.5. The van der Waals surface area contributed by atoms with Gasteiger partial charge < -0.3 is 14.8 Å². The molecule has 16 heavy (non-hydrogen) atoms. The van der Waals surface area contributed by atoms with E-state index >= 15 is 0 Å². The van der Waals surface area contributed by atoms with E-state index in [9.17, 15) is 9.90 Å².